The first kappa shape index (κ1) is 13.9. The summed E-state index contributed by atoms with van der Waals surface area (Å²) in [7, 11) is 0. The van der Waals surface area contributed by atoms with E-state index in [1.807, 2.05) is 60.7 Å². The first-order chi connectivity index (χ1) is 12.3. The van der Waals surface area contributed by atoms with E-state index in [0.29, 0.717) is 10.8 Å². The second-order valence-corrected chi connectivity index (χ2v) is 5.93. The van der Waals surface area contributed by atoms with Crippen LogP contribution in [0.15, 0.2) is 86.8 Å². The lowest BCUT2D eigenvalue weighted by molar-refractivity contribution is 0.582. The Morgan fingerprint density at radius 3 is 1.64 bits per heavy atom. The molecule has 0 saturated heterocycles. The molecule has 0 spiro atoms. The smallest absolute Gasteiger partial charge is 0.197 e. The highest BCUT2D eigenvalue weighted by atomic mass is 16.3. The van der Waals surface area contributed by atoms with Crippen molar-refractivity contribution in [3.63, 3.8) is 0 Å². The number of aromatic amines is 1. The summed E-state index contributed by atoms with van der Waals surface area (Å²) in [5.41, 5.74) is 3.36. The maximum absolute atomic E-state index is 13.1. The third-order valence-corrected chi connectivity index (χ3v) is 4.41. The molecule has 4 heteroatoms. The van der Waals surface area contributed by atoms with Crippen molar-refractivity contribution in [3.8, 4) is 22.6 Å². The van der Waals surface area contributed by atoms with Crippen molar-refractivity contribution in [2.45, 2.75) is 0 Å². The summed E-state index contributed by atoms with van der Waals surface area (Å²) in [5, 5.41) is 1.27. The van der Waals surface area contributed by atoms with E-state index in [-0.39, 0.29) is 5.43 Å². The minimum Gasteiger partial charge on any atom is -0.464 e. The van der Waals surface area contributed by atoms with E-state index in [1.54, 1.807) is 12.5 Å². The number of rotatable bonds is 2. The zero-order valence-corrected chi connectivity index (χ0v) is 13.2. The molecular weight excluding hydrogens is 314 g/mol. The monoisotopic (exact) mass is 327 g/mol. The zero-order valence-electron chi connectivity index (χ0n) is 13.2. The standard InChI is InChI=1S/C21H13NO3/c23-21-15-11-13(19-3-1-9-24-19)5-7-17(15)22-18-8-6-14(12-16(18)21)20-4-2-10-25-20/h1-12H,(H,22,23). The highest BCUT2D eigenvalue weighted by Gasteiger charge is 2.10. The second-order valence-electron chi connectivity index (χ2n) is 5.93. The highest BCUT2D eigenvalue weighted by Crippen LogP contribution is 2.26. The molecular formula is C21H13NO3. The molecule has 0 radical (unpaired) electrons. The van der Waals surface area contributed by atoms with Gasteiger partial charge in [-0.25, -0.2) is 0 Å². The number of pyridine rings is 1. The number of nitrogens with one attached hydrogen (secondary N) is 1. The van der Waals surface area contributed by atoms with Gasteiger partial charge >= 0.3 is 0 Å². The average molecular weight is 327 g/mol. The van der Waals surface area contributed by atoms with Crippen molar-refractivity contribution in [1.82, 2.24) is 4.98 Å². The van der Waals surface area contributed by atoms with Gasteiger partial charge in [-0.1, -0.05) is 0 Å². The molecule has 0 aliphatic rings. The first-order valence-electron chi connectivity index (χ1n) is 7.97. The van der Waals surface area contributed by atoms with Crippen LogP contribution in [0.2, 0.25) is 0 Å². The van der Waals surface area contributed by atoms with Crippen molar-refractivity contribution in [1.29, 1.82) is 0 Å². The largest absolute Gasteiger partial charge is 0.464 e. The summed E-state index contributed by atoms with van der Waals surface area (Å²) in [6, 6.07) is 18.9. The molecule has 25 heavy (non-hydrogen) atoms. The van der Waals surface area contributed by atoms with Crippen LogP contribution in [0.4, 0.5) is 0 Å². The van der Waals surface area contributed by atoms with Gasteiger partial charge in [0.25, 0.3) is 0 Å². The fourth-order valence-electron chi connectivity index (χ4n) is 3.16. The van der Waals surface area contributed by atoms with Crippen molar-refractivity contribution in [3.05, 3.63) is 83.4 Å². The molecule has 0 aliphatic heterocycles. The molecule has 0 bridgehead atoms. The molecule has 0 saturated carbocycles. The minimum atomic E-state index is -0.00874. The Kier molecular flexibility index (Phi) is 2.91. The van der Waals surface area contributed by atoms with Crippen LogP contribution in [0.1, 0.15) is 0 Å². The van der Waals surface area contributed by atoms with Gasteiger partial charge in [-0.15, -0.1) is 0 Å². The number of furan rings is 2. The highest BCUT2D eigenvalue weighted by molar-refractivity contribution is 5.95. The van der Waals surface area contributed by atoms with Crippen LogP contribution in [0.3, 0.4) is 0 Å². The van der Waals surface area contributed by atoms with Gasteiger partial charge in [0.2, 0.25) is 0 Å². The third-order valence-electron chi connectivity index (χ3n) is 4.41. The Bertz CT molecular complexity index is 1150. The van der Waals surface area contributed by atoms with E-state index in [1.165, 1.54) is 0 Å². The Hall–Kier alpha value is -3.53. The Morgan fingerprint density at radius 2 is 1.20 bits per heavy atom. The van der Waals surface area contributed by atoms with Gasteiger partial charge in [-0.3, -0.25) is 4.79 Å². The van der Waals surface area contributed by atoms with Crippen LogP contribution in [0.25, 0.3) is 44.5 Å². The predicted molar refractivity (Wildman–Crippen MR) is 97.5 cm³/mol. The van der Waals surface area contributed by atoms with Gasteiger partial charge in [0.1, 0.15) is 11.5 Å². The Morgan fingerprint density at radius 1 is 0.680 bits per heavy atom. The lowest BCUT2D eigenvalue weighted by Gasteiger charge is -2.06. The van der Waals surface area contributed by atoms with Crippen LogP contribution in [-0.4, -0.2) is 4.98 Å². The molecule has 4 nitrogen and oxygen atoms in total. The Labute approximate surface area is 142 Å². The first-order valence-corrected chi connectivity index (χ1v) is 7.97. The van der Waals surface area contributed by atoms with Crippen LogP contribution in [0.5, 0.6) is 0 Å². The van der Waals surface area contributed by atoms with Gasteiger partial charge in [0.15, 0.2) is 5.43 Å². The van der Waals surface area contributed by atoms with E-state index in [2.05, 4.69) is 4.98 Å². The maximum atomic E-state index is 13.1. The Balaban J connectivity index is 1.78. The summed E-state index contributed by atoms with van der Waals surface area (Å²) in [5.74, 6) is 1.48. The quantitative estimate of drug-likeness (QED) is 0.453. The van der Waals surface area contributed by atoms with Gasteiger partial charge in [-0.05, 0) is 60.7 Å². The summed E-state index contributed by atoms with van der Waals surface area (Å²) in [6.45, 7) is 0. The molecule has 120 valence electrons. The summed E-state index contributed by atoms with van der Waals surface area (Å²) >= 11 is 0. The van der Waals surface area contributed by atoms with Gasteiger partial charge in [0.05, 0.1) is 12.5 Å². The third kappa shape index (κ3) is 2.19. The normalized spacial score (nSPS) is 11.4. The van der Waals surface area contributed by atoms with Gasteiger partial charge in [0, 0.05) is 32.9 Å². The molecule has 0 aliphatic carbocycles. The molecule has 5 aromatic rings. The van der Waals surface area contributed by atoms with E-state index in [0.717, 1.165) is 33.7 Å². The number of hydrogen-bond donors (Lipinski definition) is 1. The average Bonchev–Trinajstić information content (AvgIpc) is 3.35. The molecule has 2 aromatic carbocycles. The van der Waals surface area contributed by atoms with E-state index in [4.69, 9.17) is 8.83 Å². The molecule has 0 unspecified atom stereocenters. The SMILES string of the molecule is O=c1c2cc(-c3ccco3)ccc2[nH]c2ccc(-c3ccco3)cc12. The molecule has 1 N–H and O–H groups in total. The van der Waals surface area contributed by atoms with Crippen molar-refractivity contribution in [2.75, 3.05) is 0 Å². The lowest BCUT2D eigenvalue weighted by atomic mass is 10.0. The molecule has 0 amide bonds. The van der Waals surface area contributed by atoms with E-state index in [9.17, 15) is 4.79 Å². The van der Waals surface area contributed by atoms with Crippen molar-refractivity contribution >= 4 is 21.8 Å². The minimum absolute atomic E-state index is 0.00874. The number of fused-ring (bicyclic) bond motifs is 2. The van der Waals surface area contributed by atoms with Crippen LogP contribution in [-0.2, 0) is 0 Å². The van der Waals surface area contributed by atoms with Crippen molar-refractivity contribution < 1.29 is 8.83 Å². The molecule has 5 rings (SSSR count). The van der Waals surface area contributed by atoms with Gasteiger partial charge in [-0.2, -0.15) is 0 Å². The number of hydrogen-bond acceptors (Lipinski definition) is 3. The van der Waals surface area contributed by atoms with Gasteiger partial charge < -0.3 is 13.8 Å². The number of aromatic nitrogens is 1. The molecule has 3 heterocycles. The van der Waals surface area contributed by atoms with E-state index < -0.39 is 0 Å². The van der Waals surface area contributed by atoms with E-state index >= 15 is 0 Å². The predicted octanol–water partition coefficient (Wildman–Crippen LogP) is 5.20. The topological polar surface area (TPSA) is 59.1 Å². The van der Waals surface area contributed by atoms with Crippen LogP contribution < -0.4 is 5.43 Å². The number of benzene rings is 2. The summed E-state index contributed by atoms with van der Waals surface area (Å²) in [6.07, 6.45) is 3.25. The molecule has 0 atom stereocenters. The second kappa shape index (κ2) is 5.24. The lowest BCUT2D eigenvalue weighted by Crippen LogP contribution is -2.04. The maximum Gasteiger partial charge on any atom is 0.197 e. The fraction of sp³-hybridized carbons (Fsp3) is 0. The van der Waals surface area contributed by atoms with Crippen LogP contribution >= 0.6 is 0 Å². The summed E-state index contributed by atoms with van der Waals surface area (Å²) in [4.78, 5) is 16.4. The number of H-pyrrole nitrogens is 1. The fourth-order valence-corrected chi connectivity index (χ4v) is 3.16. The zero-order chi connectivity index (χ0) is 16.8. The van der Waals surface area contributed by atoms with Crippen molar-refractivity contribution in [2.24, 2.45) is 0 Å². The molecule has 0 fully saturated rings. The van der Waals surface area contributed by atoms with Crippen LogP contribution in [0, 0.1) is 0 Å². The summed E-state index contributed by atoms with van der Waals surface area (Å²) < 4.78 is 10.9. The molecule has 3 aromatic heterocycles.